The summed E-state index contributed by atoms with van der Waals surface area (Å²) < 4.78 is 4.99. The molecule has 0 atom stereocenters. The number of aryl methyl sites for hydroxylation is 1. The first-order valence-corrected chi connectivity index (χ1v) is 19.4. The lowest BCUT2D eigenvalue weighted by molar-refractivity contribution is 0.311. The average molecular weight is 817 g/mol. The van der Waals surface area contributed by atoms with Gasteiger partial charge in [-0.25, -0.2) is 4.79 Å². The lowest BCUT2D eigenvalue weighted by atomic mass is 10.1. The summed E-state index contributed by atoms with van der Waals surface area (Å²) in [6.07, 6.45) is 0.516. The van der Waals surface area contributed by atoms with E-state index in [-0.39, 0.29) is 31.1 Å². The van der Waals surface area contributed by atoms with Crippen LogP contribution in [-0.2, 0) is 6.42 Å². The van der Waals surface area contributed by atoms with Crippen molar-refractivity contribution in [1.29, 1.82) is 0 Å². The number of hydrogen-bond acceptors (Lipinski definition) is 17. The number of hydrogen-bond donors (Lipinski definition) is 5. The van der Waals surface area contributed by atoms with Gasteiger partial charge in [0.2, 0.25) is 5.71 Å². The number of nitrogens with zero attached hydrogens (tertiary/aromatic N) is 5. The summed E-state index contributed by atoms with van der Waals surface area (Å²) in [5.41, 5.74) is 6.03. The van der Waals surface area contributed by atoms with Crippen molar-refractivity contribution in [3.8, 4) is 6.01 Å². The molecule has 0 bridgehead atoms. The number of aliphatic hydroxyl groups excluding tert-OH is 1. The van der Waals surface area contributed by atoms with Gasteiger partial charge in [0.05, 0.1) is 22.8 Å². The Morgan fingerprint density at radius 3 is 1.46 bits per heavy atom. The van der Waals surface area contributed by atoms with Gasteiger partial charge in [0.1, 0.15) is 5.39 Å². The molecular weight excluding hydrogens is 773 g/mol. The third-order valence-corrected chi connectivity index (χ3v) is 9.26. The highest BCUT2D eigenvalue weighted by molar-refractivity contribution is 7.08. The second-order valence-corrected chi connectivity index (χ2v) is 13.3. The standard InChI is InChI=1S/C15H13N3O4S.3C6H7NOS.C2H6O.CH4/c1-3-9-6-11(19)21-14-12(9)13(20)16-15(17-14)22-18-8(2)10-4-5-23-7-10;3*1-5(7-8)6-2-3-9-4-6;1-2-3;/h4-7H,3H2,1-2H3,(H,16,17,20);3*2-4,8H,1H3;3H,2H2,1H3;1H4/b18-8-;2*7-5+;7-5-;;. The van der Waals surface area contributed by atoms with Gasteiger partial charge in [0.25, 0.3) is 5.56 Å². The molecule has 0 spiro atoms. The zero-order valence-electron chi connectivity index (χ0n) is 29.7. The number of oxime groups is 4. The smallest absolute Gasteiger partial charge is 0.337 e. The van der Waals surface area contributed by atoms with Gasteiger partial charge in [-0.1, -0.05) is 35.0 Å². The number of fused-ring (bicyclic) bond motifs is 1. The lowest BCUT2D eigenvalue weighted by Crippen LogP contribution is -2.14. The maximum Gasteiger partial charge on any atom is 0.337 e. The Balaban J connectivity index is 0.000000390. The number of rotatable bonds is 7. The Hall–Kier alpha value is -5.27. The highest BCUT2D eigenvalue weighted by atomic mass is 32.1. The SMILES string of the molecule is C.C/C(=N/O)c1ccsc1.C/C(=N\O)c1ccsc1.C/C(=N\O)c1ccsc1.CCO.CCc1cc(=O)oc2nc(O/N=C(/C)c3ccsc3)[nH]c(=O)c12. The first-order chi connectivity index (χ1) is 25.5. The first-order valence-electron chi connectivity index (χ1n) is 15.6. The van der Waals surface area contributed by atoms with Gasteiger partial charge in [0.15, 0.2) is 0 Å². The Morgan fingerprint density at radius 2 is 1.13 bits per heavy atom. The van der Waals surface area contributed by atoms with Crippen molar-refractivity contribution >= 4 is 79.3 Å². The molecule has 0 aliphatic rings. The number of aliphatic hydroxyl groups is 1. The maximum absolute atomic E-state index is 12.2. The molecule has 0 unspecified atom stereocenters. The van der Waals surface area contributed by atoms with Crippen molar-refractivity contribution in [1.82, 2.24) is 9.97 Å². The molecule has 0 aliphatic heterocycles. The van der Waals surface area contributed by atoms with Crippen LogP contribution in [0.3, 0.4) is 0 Å². The van der Waals surface area contributed by atoms with Crippen LogP contribution in [0.1, 0.15) is 76.8 Å². The summed E-state index contributed by atoms with van der Waals surface area (Å²) in [4.78, 5) is 35.4. The van der Waals surface area contributed by atoms with Crippen LogP contribution in [0.25, 0.3) is 11.1 Å². The second kappa shape index (κ2) is 25.7. The Bertz CT molecular complexity index is 2040. The van der Waals surface area contributed by atoms with Crippen molar-refractivity contribution in [3.63, 3.8) is 0 Å². The fraction of sp³-hybridized carbons (Fsp3) is 0.250. The van der Waals surface area contributed by atoms with Gasteiger partial charge in [-0.05, 0) is 114 Å². The van der Waals surface area contributed by atoms with Crippen LogP contribution in [0.4, 0.5) is 0 Å². The van der Waals surface area contributed by atoms with Gasteiger partial charge in [0, 0.05) is 34.9 Å². The first kappa shape index (κ1) is 46.8. The van der Waals surface area contributed by atoms with Gasteiger partial charge >= 0.3 is 11.6 Å². The molecule has 18 heteroatoms. The van der Waals surface area contributed by atoms with E-state index >= 15 is 0 Å². The van der Waals surface area contributed by atoms with Gasteiger partial charge in [-0.2, -0.15) is 50.3 Å². The summed E-state index contributed by atoms with van der Waals surface area (Å²) in [5.74, 6) is 0. The largest absolute Gasteiger partial charge is 0.411 e. The van der Waals surface area contributed by atoms with Gasteiger partial charge < -0.3 is 30.0 Å². The molecule has 54 heavy (non-hydrogen) atoms. The third-order valence-electron chi connectivity index (χ3n) is 6.53. The molecule has 0 aliphatic carbocycles. The van der Waals surface area contributed by atoms with E-state index in [1.54, 1.807) is 80.0 Å². The van der Waals surface area contributed by atoms with E-state index in [9.17, 15) is 9.59 Å². The van der Waals surface area contributed by atoms with Crippen LogP contribution >= 0.6 is 45.3 Å². The molecular formula is C36H44N6O8S4. The Morgan fingerprint density at radius 1 is 0.741 bits per heavy atom. The summed E-state index contributed by atoms with van der Waals surface area (Å²) in [7, 11) is 0. The van der Waals surface area contributed by atoms with E-state index in [1.807, 2.05) is 74.2 Å². The predicted octanol–water partition coefficient (Wildman–Crippen LogP) is 8.78. The van der Waals surface area contributed by atoms with Crippen LogP contribution in [0.5, 0.6) is 6.01 Å². The molecule has 6 heterocycles. The number of aromatic amines is 1. The van der Waals surface area contributed by atoms with Crippen molar-refractivity contribution in [2.24, 2.45) is 20.6 Å². The van der Waals surface area contributed by atoms with Crippen molar-refractivity contribution in [2.45, 2.75) is 55.4 Å². The summed E-state index contributed by atoms with van der Waals surface area (Å²) in [6.45, 7) is 10.8. The minimum absolute atomic E-state index is 0. The van der Waals surface area contributed by atoms with Crippen LogP contribution in [0.15, 0.2) is 108 Å². The van der Waals surface area contributed by atoms with Crippen LogP contribution in [0, 0.1) is 0 Å². The zero-order valence-corrected chi connectivity index (χ0v) is 33.0. The molecule has 0 saturated heterocycles. The highest BCUT2D eigenvalue weighted by Crippen LogP contribution is 2.14. The van der Waals surface area contributed by atoms with E-state index in [2.05, 4.69) is 30.6 Å². The summed E-state index contributed by atoms with van der Waals surface area (Å²) >= 11 is 6.31. The van der Waals surface area contributed by atoms with Crippen molar-refractivity contribution in [3.05, 3.63) is 122 Å². The summed E-state index contributed by atoms with van der Waals surface area (Å²) in [6, 6.07) is 8.81. The molecule has 0 amide bonds. The fourth-order valence-corrected chi connectivity index (χ4v) is 6.47. The third kappa shape index (κ3) is 15.4. The lowest BCUT2D eigenvalue weighted by Gasteiger charge is -2.03. The quantitative estimate of drug-likeness (QED) is 0.0590. The fourth-order valence-electron chi connectivity index (χ4n) is 3.67. The van der Waals surface area contributed by atoms with E-state index in [4.69, 9.17) is 30.0 Å². The van der Waals surface area contributed by atoms with E-state index in [0.29, 0.717) is 34.8 Å². The minimum atomic E-state index is -0.559. The molecule has 290 valence electrons. The molecule has 5 N–H and O–H groups in total. The molecule has 14 nitrogen and oxygen atoms in total. The number of aromatic nitrogens is 2. The maximum atomic E-state index is 12.2. The van der Waals surface area contributed by atoms with Crippen LogP contribution in [-0.4, -0.2) is 60.1 Å². The Kier molecular flexibility index (Phi) is 22.2. The number of thiophene rings is 4. The topological polar surface area (TPSA) is 216 Å². The monoisotopic (exact) mass is 816 g/mol. The van der Waals surface area contributed by atoms with Crippen molar-refractivity contribution < 1.29 is 30.0 Å². The molecule has 0 fully saturated rings. The Labute approximate surface area is 328 Å². The molecule has 6 rings (SSSR count). The van der Waals surface area contributed by atoms with Gasteiger partial charge in [-0.3, -0.25) is 9.78 Å². The predicted molar refractivity (Wildman–Crippen MR) is 222 cm³/mol. The average Bonchev–Trinajstić information content (AvgIpc) is 4.01. The zero-order chi connectivity index (χ0) is 39.2. The molecule has 6 aromatic heterocycles. The molecule has 6 aromatic rings. The number of nitrogens with one attached hydrogen (secondary N) is 1. The summed E-state index contributed by atoms with van der Waals surface area (Å²) in [5, 5.41) is 61.3. The second-order valence-electron chi connectivity index (χ2n) is 10.2. The van der Waals surface area contributed by atoms with Crippen molar-refractivity contribution in [2.75, 3.05) is 6.61 Å². The van der Waals surface area contributed by atoms with Crippen LogP contribution in [0.2, 0.25) is 0 Å². The minimum Gasteiger partial charge on any atom is -0.411 e. The van der Waals surface area contributed by atoms with Gasteiger partial charge in [-0.15, -0.1) is 0 Å². The number of H-pyrrole nitrogens is 1. The normalized spacial score (nSPS) is 11.3. The molecule has 0 saturated carbocycles. The molecule has 0 aromatic carbocycles. The molecule has 0 radical (unpaired) electrons. The van der Waals surface area contributed by atoms with E-state index in [1.165, 1.54) is 6.07 Å². The van der Waals surface area contributed by atoms with Crippen LogP contribution < -0.4 is 16.0 Å². The van der Waals surface area contributed by atoms with E-state index < -0.39 is 11.2 Å². The van der Waals surface area contributed by atoms with E-state index in [0.717, 1.165) is 22.3 Å². The highest BCUT2D eigenvalue weighted by Gasteiger charge is 2.12.